The highest BCUT2D eigenvalue weighted by atomic mass is 32.1. The normalized spacial score (nSPS) is 14.8. The number of nitrogens with zero attached hydrogens (tertiary/aromatic N) is 3. The maximum atomic E-state index is 13.0. The van der Waals surface area contributed by atoms with Crippen molar-refractivity contribution in [3.05, 3.63) is 58.4 Å². The van der Waals surface area contributed by atoms with Crippen molar-refractivity contribution >= 4 is 34.1 Å². The van der Waals surface area contributed by atoms with Crippen LogP contribution in [0.15, 0.2) is 48.0 Å². The van der Waals surface area contributed by atoms with Crippen LogP contribution in [0.2, 0.25) is 0 Å². The highest BCUT2D eigenvalue weighted by Gasteiger charge is 2.26. The molecule has 1 aromatic carbocycles. The fourth-order valence-corrected chi connectivity index (χ4v) is 4.21. The Morgan fingerprint density at radius 2 is 1.73 bits per heavy atom. The van der Waals surface area contributed by atoms with Crippen molar-refractivity contribution in [2.45, 2.75) is 6.42 Å². The number of aryl methyl sites for hydroxylation is 1. The second-order valence-electron chi connectivity index (χ2n) is 6.60. The summed E-state index contributed by atoms with van der Waals surface area (Å²) in [6.45, 7) is 2.36. The fourth-order valence-electron chi connectivity index (χ4n) is 3.52. The highest BCUT2D eigenvalue weighted by Crippen LogP contribution is 2.22. The number of para-hydroxylation sites is 1. The number of aromatic nitrogens is 1. The number of benzene rings is 1. The zero-order valence-corrected chi connectivity index (χ0v) is 15.5. The van der Waals surface area contributed by atoms with Crippen molar-refractivity contribution < 1.29 is 9.59 Å². The molecule has 0 aliphatic carbocycles. The summed E-state index contributed by atoms with van der Waals surface area (Å²) in [4.78, 5) is 30.2. The summed E-state index contributed by atoms with van der Waals surface area (Å²) < 4.78 is 1.99. The zero-order chi connectivity index (χ0) is 18.1. The van der Waals surface area contributed by atoms with Crippen LogP contribution >= 0.6 is 11.3 Å². The Morgan fingerprint density at radius 1 is 1.00 bits per heavy atom. The molecule has 1 aliphatic heterocycles. The molecular weight excluding hydrogens is 346 g/mol. The molecule has 2 aromatic heterocycles. The van der Waals surface area contributed by atoms with Gasteiger partial charge in [0.25, 0.3) is 5.91 Å². The molecule has 5 nitrogen and oxygen atoms in total. The molecule has 1 fully saturated rings. The van der Waals surface area contributed by atoms with E-state index < -0.39 is 0 Å². The summed E-state index contributed by atoms with van der Waals surface area (Å²) in [5.41, 5.74) is 1.79. The average Bonchev–Trinajstić information content (AvgIpc) is 3.30. The first-order valence-electron chi connectivity index (χ1n) is 8.77. The van der Waals surface area contributed by atoms with Crippen LogP contribution in [0.25, 0.3) is 10.9 Å². The van der Waals surface area contributed by atoms with Crippen molar-refractivity contribution in [3.8, 4) is 0 Å². The van der Waals surface area contributed by atoms with Gasteiger partial charge in [0.2, 0.25) is 5.91 Å². The van der Waals surface area contributed by atoms with E-state index in [-0.39, 0.29) is 11.8 Å². The van der Waals surface area contributed by atoms with Gasteiger partial charge in [-0.2, -0.15) is 0 Å². The number of fused-ring (bicyclic) bond motifs is 1. The highest BCUT2D eigenvalue weighted by molar-refractivity contribution is 7.10. The Morgan fingerprint density at radius 3 is 2.46 bits per heavy atom. The first-order chi connectivity index (χ1) is 12.6. The van der Waals surface area contributed by atoms with Gasteiger partial charge in [-0.25, -0.2) is 0 Å². The molecule has 0 atom stereocenters. The number of amides is 2. The van der Waals surface area contributed by atoms with Crippen LogP contribution in [0.1, 0.15) is 15.2 Å². The lowest BCUT2D eigenvalue weighted by Crippen LogP contribution is -2.50. The van der Waals surface area contributed by atoms with Crippen LogP contribution < -0.4 is 0 Å². The molecule has 0 saturated carbocycles. The van der Waals surface area contributed by atoms with Crippen LogP contribution in [0.5, 0.6) is 0 Å². The Hall–Kier alpha value is -2.60. The summed E-state index contributed by atoms with van der Waals surface area (Å²) >= 11 is 1.61. The van der Waals surface area contributed by atoms with Gasteiger partial charge in [-0.3, -0.25) is 9.59 Å². The number of carbonyl (C=O) groups is 2. The van der Waals surface area contributed by atoms with Crippen LogP contribution in [0, 0.1) is 0 Å². The van der Waals surface area contributed by atoms with Crippen LogP contribution in [-0.4, -0.2) is 52.4 Å². The van der Waals surface area contributed by atoms with Gasteiger partial charge in [0, 0.05) is 55.2 Å². The van der Waals surface area contributed by atoms with Gasteiger partial charge in [0.1, 0.15) is 0 Å². The first kappa shape index (κ1) is 16.8. The lowest BCUT2D eigenvalue weighted by Gasteiger charge is -2.34. The van der Waals surface area contributed by atoms with E-state index in [1.807, 2.05) is 69.4 Å². The minimum absolute atomic E-state index is 0.0483. The molecule has 6 heteroatoms. The van der Waals surface area contributed by atoms with Gasteiger partial charge in [0.15, 0.2) is 0 Å². The Kier molecular flexibility index (Phi) is 4.51. The largest absolute Gasteiger partial charge is 0.350 e. The summed E-state index contributed by atoms with van der Waals surface area (Å²) in [7, 11) is 1.96. The molecule has 3 aromatic rings. The average molecular weight is 367 g/mol. The molecule has 4 rings (SSSR count). The number of hydrogen-bond acceptors (Lipinski definition) is 3. The van der Waals surface area contributed by atoms with Crippen LogP contribution in [0.4, 0.5) is 0 Å². The number of piperazine rings is 1. The van der Waals surface area contributed by atoms with Gasteiger partial charge in [-0.1, -0.05) is 24.3 Å². The van der Waals surface area contributed by atoms with Crippen LogP contribution in [-0.2, 0) is 18.3 Å². The maximum Gasteiger partial charge on any atom is 0.256 e. The Labute approximate surface area is 156 Å². The predicted octanol–water partition coefficient (Wildman–Crippen LogP) is 2.77. The quantitative estimate of drug-likeness (QED) is 0.715. The molecule has 3 heterocycles. The molecule has 0 N–H and O–H groups in total. The molecule has 0 bridgehead atoms. The third-order valence-electron chi connectivity index (χ3n) is 4.95. The third-order valence-corrected chi connectivity index (χ3v) is 5.83. The van der Waals surface area contributed by atoms with E-state index in [0.717, 1.165) is 21.3 Å². The van der Waals surface area contributed by atoms with E-state index >= 15 is 0 Å². The second-order valence-corrected chi connectivity index (χ2v) is 7.63. The number of thiophene rings is 1. The molecule has 0 spiro atoms. The molecule has 26 heavy (non-hydrogen) atoms. The lowest BCUT2D eigenvalue weighted by molar-refractivity contribution is -0.131. The number of hydrogen-bond donors (Lipinski definition) is 0. The summed E-state index contributed by atoms with van der Waals surface area (Å²) in [5, 5.41) is 2.97. The summed E-state index contributed by atoms with van der Waals surface area (Å²) in [5.74, 6) is 0.192. The van der Waals surface area contributed by atoms with Gasteiger partial charge < -0.3 is 14.4 Å². The Balaban J connectivity index is 1.42. The minimum Gasteiger partial charge on any atom is -0.350 e. The molecule has 1 saturated heterocycles. The van der Waals surface area contributed by atoms with Crippen molar-refractivity contribution in [2.75, 3.05) is 26.2 Å². The molecular formula is C20H21N3O2S. The summed E-state index contributed by atoms with van der Waals surface area (Å²) in [6.07, 6.45) is 2.36. The van der Waals surface area contributed by atoms with Crippen molar-refractivity contribution in [2.24, 2.45) is 7.05 Å². The first-order valence-corrected chi connectivity index (χ1v) is 9.65. The molecule has 0 unspecified atom stereocenters. The molecule has 134 valence electrons. The van der Waals surface area contributed by atoms with Crippen molar-refractivity contribution in [1.29, 1.82) is 0 Å². The number of rotatable bonds is 3. The third kappa shape index (κ3) is 3.12. The standard InChI is InChI=1S/C20H21N3O2S/c1-21-14-17(16-6-2-3-7-18(16)21)20(25)23-10-8-22(9-11-23)19(24)13-15-5-4-12-26-15/h2-7,12,14H,8-11,13H2,1H3. The van der Waals surface area contributed by atoms with E-state index in [1.54, 1.807) is 11.3 Å². The van der Waals surface area contributed by atoms with E-state index in [9.17, 15) is 9.59 Å². The maximum absolute atomic E-state index is 13.0. The van der Waals surface area contributed by atoms with Crippen molar-refractivity contribution in [3.63, 3.8) is 0 Å². The SMILES string of the molecule is Cn1cc(C(=O)N2CCN(C(=O)Cc3cccs3)CC2)c2ccccc21. The fraction of sp³-hybridized carbons (Fsp3) is 0.300. The van der Waals surface area contributed by atoms with E-state index in [0.29, 0.717) is 32.6 Å². The lowest BCUT2D eigenvalue weighted by atomic mass is 10.1. The van der Waals surface area contributed by atoms with E-state index in [1.165, 1.54) is 0 Å². The monoisotopic (exact) mass is 367 g/mol. The molecule has 1 aliphatic rings. The van der Waals surface area contributed by atoms with Gasteiger partial charge >= 0.3 is 0 Å². The van der Waals surface area contributed by atoms with E-state index in [4.69, 9.17) is 0 Å². The van der Waals surface area contributed by atoms with Crippen molar-refractivity contribution in [1.82, 2.24) is 14.4 Å². The molecule has 0 radical (unpaired) electrons. The smallest absolute Gasteiger partial charge is 0.256 e. The number of carbonyl (C=O) groups excluding carboxylic acids is 2. The van der Waals surface area contributed by atoms with E-state index in [2.05, 4.69) is 0 Å². The summed E-state index contributed by atoms with van der Waals surface area (Å²) in [6, 6.07) is 11.9. The molecule has 2 amide bonds. The predicted molar refractivity (Wildman–Crippen MR) is 103 cm³/mol. The van der Waals surface area contributed by atoms with Crippen LogP contribution in [0.3, 0.4) is 0 Å². The van der Waals surface area contributed by atoms with Gasteiger partial charge in [-0.05, 0) is 17.5 Å². The topological polar surface area (TPSA) is 45.6 Å². The Bertz CT molecular complexity index is 937. The van der Waals surface area contributed by atoms with Gasteiger partial charge in [-0.15, -0.1) is 11.3 Å². The second kappa shape index (κ2) is 6.96. The minimum atomic E-state index is 0.0483. The zero-order valence-electron chi connectivity index (χ0n) is 14.7. The van der Waals surface area contributed by atoms with Gasteiger partial charge in [0.05, 0.1) is 12.0 Å².